The Balaban J connectivity index is 1.71. The molecule has 1 aliphatic rings. The highest BCUT2D eigenvalue weighted by molar-refractivity contribution is 7.19. The lowest BCUT2D eigenvalue weighted by atomic mass is 10.1. The van der Waals surface area contributed by atoms with Gasteiger partial charge in [-0.05, 0) is 49.1 Å². The van der Waals surface area contributed by atoms with Gasteiger partial charge in [0.05, 0.1) is 16.6 Å². The van der Waals surface area contributed by atoms with Gasteiger partial charge in [0.2, 0.25) is 0 Å². The maximum absolute atomic E-state index is 6.05. The van der Waals surface area contributed by atoms with Crippen LogP contribution in [-0.4, -0.2) is 16.2 Å². The van der Waals surface area contributed by atoms with Crippen molar-refractivity contribution in [2.24, 2.45) is 5.73 Å². The molecule has 1 fully saturated rings. The van der Waals surface area contributed by atoms with Crippen LogP contribution in [0.5, 0.6) is 0 Å². The Morgan fingerprint density at radius 1 is 1.43 bits per heavy atom. The smallest absolute Gasteiger partial charge is 0.110 e. The maximum Gasteiger partial charge on any atom is 0.110 e. The second-order valence-electron chi connectivity index (χ2n) is 6.26. The Bertz CT molecular complexity index is 803. The molecule has 120 valence electrons. The predicted molar refractivity (Wildman–Crippen MR) is 98.4 cm³/mol. The van der Waals surface area contributed by atoms with E-state index >= 15 is 0 Å². The summed E-state index contributed by atoms with van der Waals surface area (Å²) in [5.74, 6) is 0.666. The molecule has 0 spiro atoms. The van der Waals surface area contributed by atoms with Gasteiger partial charge in [0.25, 0.3) is 0 Å². The quantitative estimate of drug-likeness (QED) is 0.705. The molecule has 3 aromatic rings. The van der Waals surface area contributed by atoms with Crippen LogP contribution >= 0.6 is 22.7 Å². The normalized spacial score (nSPS) is 15.9. The first-order valence-corrected chi connectivity index (χ1v) is 9.70. The fraction of sp³-hybridized carbons (Fsp3) is 0.412. The zero-order chi connectivity index (χ0) is 15.8. The van der Waals surface area contributed by atoms with E-state index in [1.165, 1.54) is 32.9 Å². The first-order valence-electron chi connectivity index (χ1n) is 8.01. The van der Waals surface area contributed by atoms with Crippen molar-refractivity contribution >= 4 is 38.6 Å². The third-order valence-corrected chi connectivity index (χ3v) is 6.24. The minimum Gasteiger partial charge on any atom is -0.378 e. The molecule has 0 amide bonds. The van der Waals surface area contributed by atoms with Crippen LogP contribution in [0.3, 0.4) is 0 Å². The number of aromatic nitrogens is 2. The monoisotopic (exact) mass is 344 g/mol. The van der Waals surface area contributed by atoms with E-state index in [2.05, 4.69) is 40.0 Å². The molecule has 1 saturated carbocycles. The van der Waals surface area contributed by atoms with Crippen molar-refractivity contribution < 1.29 is 0 Å². The van der Waals surface area contributed by atoms with Crippen molar-refractivity contribution in [1.82, 2.24) is 10.2 Å². The average molecular weight is 345 g/mol. The number of hydrogen-bond donors (Lipinski definition) is 2. The number of thiophene rings is 2. The van der Waals surface area contributed by atoms with Crippen molar-refractivity contribution in [3.63, 3.8) is 0 Å². The number of fused-ring (bicyclic) bond motifs is 1. The molecule has 0 radical (unpaired) electrons. The van der Waals surface area contributed by atoms with Crippen LogP contribution in [0.25, 0.3) is 10.2 Å². The number of rotatable bonds is 6. The van der Waals surface area contributed by atoms with Crippen LogP contribution in [0.1, 0.15) is 41.0 Å². The molecular formula is C17H20N4S2. The second-order valence-corrected chi connectivity index (χ2v) is 8.40. The van der Waals surface area contributed by atoms with Crippen molar-refractivity contribution in [3.8, 4) is 0 Å². The van der Waals surface area contributed by atoms with E-state index in [-0.39, 0.29) is 6.04 Å². The minimum atomic E-state index is 0.177. The summed E-state index contributed by atoms with van der Waals surface area (Å²) in [7, 11) is 0. The van der Waals surface area contributed by atoms with Crippen molar-refractivity contribution in [2.45, 2.75) is 44.7 Å². The predicted octanol–water partition coefficient (Wildman–Crippen LogP) is 4.13. The van der Waals surface area contributed by atoms with Crippen LogP contribution in [0.4, 0.5) is 5.69 Å². The third-order valence-electron chi connectivity index (χ3n) is 4.11. The number of hydrogen-bond acceptors (Lipinski definition) is 6. The SMILES string of the molecule is C[C@H](N)Cc1sc2c(NCc3cccs3)cnnc2c1C1CC1. The fourth-order valence-electron chi connectivity index (χ4n) is 2.92. The molecule has 4 nitrogen and oxygen atoms in total. The second kappa shape index (κ2) is 6.19. The topological polar surface area (TPSA) is 63.8 Å². The van der Waals surface area contributed by atoms with E-state index in [1.54, 1.807) is 11.3 Å². The number of nitrogens with zero attached hydrogens (tertiary/aromatic N) is 2. The molecule has 0 saturated heterocycles. The summed E-state index contributed by atoms with van der Waals surface area (Å²) in [4.78, 5) is 2.72. The van der Waals surface area contributed by atoms with Crippen LogP contribution in [0.2, 0.25) is 0 Å². The summed E-state index contributed by atoms with van der Waals surface area (Å²) < 4.78 is 1.23. The van der Waals surface area contributed by atoms with Gasteiger partial charge >= 0.3 is 0 Å². The Kier molecular flexibility index (Phi) is 4.05. The number of nitrogens with two attached hydrogens (primary N) is 1. The highest BCUT2D eigenvalue weighted by atomic mass is 32.1. The highest BCUT2D eigenvalue weighted by Gasteiger charge is 2.31. The average Bonchev–Trinajstić information content (AvgIpc) is 3.09. The molecule has 0 aliphatic heterocycles. The van der Waals surface area contributed by atoms with E-state index in [0.717, 1.165) is 24.2 Å². The summed E-state index contributed by atoms with van der Waals surface area (Å²) in [5, 5.41) is 14.3. The first kappa shape index (κ1) is 15.1. The van der Waals surface area contributed by atoms with Crippen molar-refractivity contribution in [1.29, 1.82) is 0 Å². The molecule has 0 unspecified atom stereocenters. The molecule has 1 aliphatic carbocycles. The molecule has 3 N–H and O–H groups in total. The van der Waals surface area contributed by atoms with Gasteiger partial charge < -0.3 is 11.1 Å². The largest absolute Gasteiger partial charge is 0.378 e. The van der Waals surface area contributed by atoms with Crippen molar-refractivity contribution in [3.05, 3.63) is 39.0 Å². The summed E-state index contributed by atoms with van der Waals surface area (Å²) in [6, 6.07) is 4.41. The van der Waals surface area contributed by atoms with Gasteiger partial charge in [-0.1, -0.05) is 6.07 Å². The molecule has 3 aromatic heterocycles. The van der Waals surface area contributed by atoms with Crippen LogP contribution in [0.15, 0.2) is 23.7 Å². The Morgan fingerprint density at radius 2 is 2.30 bits per heavy atom. The van der Waals surface area contributed by atoms with E-state index in [0.29, 0.717) is 5.92 Å². The van der Waals surface area contributed by atoms with Gasteiger partial charge in [-0.25, -0.2) is 0 Å². The summed E-state index contributed by atoms with van der Waals surface area (Å²) in [6.45, 7) is 2.90. The zero-order valence-electron chi connectivity index (χ0n) is 13.1. The van der Waals surface area contributed by atoms with E-state index in [1.807, 2.05) is 17.5 Å². The Labute approximate surface area is 143 Å². The van der Waals surface area contributed by atoms with Gasteiger partial charge in [0.1, 0.15) is 5.52 Å². The first-order chi connectivity index (χ1) is 11.2. The lowest BCUT2D eigenvalue weighted by Crippen LogP contribution is -2.17. The minimum absolute atomic E-state index is 0.177. The van der Waals surface area contributed by atoms with E-state index in [4.69, 9.17) is 5.73 Å². The van der Waals surface area contributed by atoms with Crippen LogP contribution in [-0.2, 0) is 13.0 Å². The molecule has 4 rings (SSSR count). The van der Waals surface area contributed by atoms with Gasteiger partial charge in [-0.2, -0.15) is 5.10 Å². The maximum atomic E-state index is 6.05. The standard InChI is InChI=1S/C17H20N4S2/c1-10(18)7-14-15(11-4-5-11)16-17(23-14)13(9-20-21-16)19-8-12-3-2-6-22-12/h2-3,6,9-11H,4-5,7-8,18H2,1H3,(H,19,21)/t10-/m0/s1. The molecule has 1 atom stereocenters. The van der Waals surface area contributed by atoms with Gasteiger partial charge in [-0.3, -0.25) is 0 Å². The fourth-order valence-corrected chi connectivity index (χ4v) is 5.02. The summed E-state index contributed by atoms with van der Waals surface area (Å²) in [5.41, 5.74) is 9.64. The lowest BCUT2D eigenvalue weighted by Gasteiger charge is -2.05. The zero-order valence-corrected chi connectivity index (χ0v) is 14.7. The van der Waals surface area contributed by atoms with E-state index in [9.17, 15) is 0 Å². The number of nitrogens with one attached hydrogen (secondary N) is 1. The van der Waals surface area contributed by atoms with Crippen LogP contribution < -0.4 is 11.1 Å². The van der Waals surface area contributed by atoms with Gasteiger partial charge in [-0.15, -0.1) is 27.8 Å². The molecule has 23 heavy (non-hydrogen) atoms. The third kappa shape index (κ3) is 3.11. The highest BCUT2D eigenvalue weighted by Crippen LogP contribution is 2.48. The lowest BCUT2D eigenvalue weighted by molar-refractivity contribution is 0.741. The molecule has 0 bridgehead atoms. The molecule has 0 aromatic carbocycles. The summed E-state index contributed by atoms with van der Waals surface area (Å²) in [6.07, 6.45) is 5.31. The van der Waals surface area contributed by atoms with Gasteiger partial charge in [0, 0.05) is 22.3 Å². The van der Waals surface area contributed by atoms with Gasteiger partial charge in [0.15, 0.2) is 0 Å². The summed E-state index contributed by atoms with van der Waals surface area (Å²) >= 11 is 3.61. The number of anilines is 1. The Hall–Kier alpha value is -1.50. The molecule has 3 heterocycles. The molecule has 6 heteroatoms. The Morgan fingerprint density at radius 3 is 3.00 bits per heavy atom. The van der Waals surface area contributed by atoms with Crippen molar-refractivity contribution in [2.75, 3.05) is 5.32 Å². The van der Waals surface area contributed by atoms with E-state index < -0.39 is 0 Å². The van der Waals surface area contributed by atoms with Crippen LogP contribution in [0, 0.1) is 0 Å². The molecular weight excluding hydrogens is 324 g/mol.